The van der Waals surface area contributed by atoms with Gasteiger partial charge in [0, 0.05) is 11.8 Å². The number of methoxy groups -OCH3 is 1. The van der Waals surface area contributed by atoms with Crippen molar-refractivity contribution in [2.75, 3.05) is 7.11 Å². The number of ether oxygens (including phenoxy) is 1. The fourth-order valence-electron chi connectivity index (χ4n) is 1.75. The van der Waals surface area contributed by atoms with E-state index in [0.29, 0.717) is 22.8 Å². The monoisotopic (exact) mass is 244 g/mol. The molecule has 1 aromatic carbocycles. The van der Waals surface area contributed by atoms with Gasteiger partial charge in [-0.05, 0) is 24.3 Å². The van der Waals surface area contributed by atoms with Gasteiger partial charge in [0.15, 0.2) is 0 Å². The number of rotatable bonds is 2. The topological polar surface area (TPSA) is 52.3 Å². The van der Waals surface area contributed by atoms with E-state index in [4.69, 9.17) is 4.74 Å². The summed E-state index contributed by atoms with van der Waals surface area (Å²) in [6.45, 7) is 0. The highest BCUT2D eigenvalue weighted by molar-refractivity contribution is 5.68. The first-order chi connectivity index (χ1) is 8.78. The average Bonchev–Trinajstić information content (AvgIpc) is 2.85. The number of benzene rings is 1. The second kappa shape index (κ2) is 4.06. The Morgan fingerprint density at radius 2 is 2.17 bits per heavy atom. The Bertz CT molecular complexity index is 710. The summed E-state index contributed by atoms with van der Waals surface area (Å²) in [5.41, 5.74) is 1.18. The maximum atomic E-state index is 13.3. The van der Waals surface area contributed by atoms with Gasteiger partial charge in [-0.3, -0.25) is 0 Å². The van der Waals surface area contributed by atoms with E-state index >= 15 is 0 Å². The first kappa shape index (κ1) is 10.6. The minimum absolute atomic E-state index is 0.339. The number of nitrogens with zero attached hydrogens (tertiary/aromatic N) is 4. The van der Waals surface area contributed by atoms with Crippen LogP contribution in [0.15, 0.2) is 36.8 Å². The van der Waals surface area contributed by atoms with Crippen molar-refractivity contribution in [3.63, 3.8) is 0 Å². The quantitative estimate of drug-likeness (QED) is 0.691. The summed E-state index contributed by atoms with van der Waals surface area (Å²) in [7, 11) is 1.53. The average molecular weight is 244 g/mol. The fourth-order valence-corrected chi connectivity index (χ4v) is 1.75. The van der Waals surface area contributed by atoms with Crippen molar-refractivity contribution >= 4 is 5.78 Å². The van der Waals surface area contributed by atoms with Crippen LogP contribution < -0.4 is 4.74 Å². The highest BCUT2D eigenvalue weighted by Gasteiger charge is 2.10. The summed E-state index contributed by atoms with van der Waals surface area (Å²) >= 11 is 0. The molecule has 90 valence electrons. The molecule has 5 nitrogen and oxygen atoms in total. The zero-order valence-electron chi connectivity index (χ0n) is 9.54. The molecular formula is C12H9FN4O. The molecule has 0 saturated carbocycles. The molecule has 0 atom stereocenters. The summed E-state index contributed by atoms with van der Waals surface area (Å²) in [5.74, 6) is 0.681. The van der Waals surface area contributed by atoms with Crippen LogP contribution in [0.3, 0.4) is 0 Å². The van der Waals surface area contributed by atoms with E-state index < -0.39 is 0 Å². The lowest BCUT2D eigenvalue weighted by Crippen LogP contribution is -1.95. The second-order valence-electron chi connectivity index (χ2n) is 3.66. The third kappa shape index (κ3) is 1.67. The molecule has 0 aliphatic rings. The van der Waals surface area contributed by atoms with Crippen LogP contribution in [0.4, 0.5) is 4.39 Å². The van der Waals surface area contributed by atoms with E-state index in [1.54, 1.807) is 18.3 Å². The lowest BCUT2D eigenvalue weighted by atomic mass is 10.1. The molecule has 0 unspecified atom stereocenters. The molecule has 6 heteroatoms. The minimum Gasteiger partial charge on any atom is -0.496 e. The van der Waals surface area contributed by atoms with E-state index in [1.165, 1.54) is 30.1 Å². The van der Waals surface area contributed by atoms with E-state index in [0.717, 1.165) is 0 Å². The van der Waals surface area contributed by atoms with Gasteiger partial charge < -0.3 is 4.74 Å². The van der Waals surface area contributed by atoms with Crippen LogP contribution in [0.25, 0.3) is 17.0 Å². The van der Waals surface area contributed by atoms with E-state index in [1.807, 2.05) is 0 Å². The van der Waals surface area contributed by atoms with Gasteiger partial charge >= 0.3 is 0 Å². The minimum atomic E-state index is -0.339. The Balaban J connectivity index is 2.21. The zero-order chi connectivity index (χ0) is 12.5. The number of halogens is 1. The van der Waals surface area contributed by atoms with Crippen LogP contribution in [-0.4, -0.2) is 26.7 Å². The first-order valence-electron chi connectivity index (χ1n) is 5.28. The van der Waals surface area contributed by atoms with Gasteiger partial charge in [-0.1, -0.05) is 0 Å². The van der Waals surface area contributed by atoms with E-state index in [9.17, 15) is 4.39 Å². The Hall–Kier alpha value is -2.50. The van der Waals surface area contributed by atoms with Crippen LogP contribution in [0, 0.1) is 5.82 Å². The van der Waals surface area contributed by atoms with Crippen molar-refractivity contribution in [1.82, 2.24) is 19.6 Å². The third-order valence-corrected chi connectivity index (χ3v) is 2.59. The van der Waals surface area contributed by atoms with Crippen molar-refractivity contribution in [2.24, 2.45) is 0 Å². The van der Waals surface area contributed by atoms with Crippen LogP contribution in [0.5, 0.6) is 5.75 Å². The molecule has 0 saturated heterocycles. The summed E-state index contributed by atoms with van der Waals surface area (Å²) in [6, 6.07) is 6.03. The predicted octanol–water partition coefficient (Wildman–Crippen LogP) is 1.94. The maximum absolute atomic E-state index is 13.3. The van der Waals surface area contributed by atoms with Gasteiger partial charge in [-0.25, -0.2) is 13.9 Å². The standard InChI is InChI=1S/C12H9FN4O/c1-18-11-3-2-8(13)6-9(11)10-4-5-17-12(16-10)14-7-15-17/h2-7H,1H3. The Morgan fingerprint density at radius 3 is 3.00 bits per heavy atom. The fraction of sp³-hybridized carbons (Fsp3) is 0.0833. The number of hydrogen-bond donors (Lipinski definition) is 0. The highest BCUT2D eigenvalue weighted by atomic mass is 19.1. The smallest absolute Gasteiger partial charge is 0.252 e. The second-order valence-corrected chi connectivity index (χ2v) is 3.66. The molecular weight excluding hydrogens is 235 g/mol. The van der Waals surface area contributed by atoms with Crippen LogP contribution in [0.1, 0.15) is 0 Å². The SMILES string of the molecule is COc1ccc(F)cc1-c1ccn2ncnc2n1. The highest BCUT2D eigenvalue weighted by Crippen LogP contribution is 2.29. The normalized spacial score (nSPS) is 10.8. The number of aromatic nitrogens is 4. The summed E-state index contributed by atoms with van der Waals surface area (Å²) in [4.78, 5) is 8.29. The summed E-state index contributed by atoms with van der Waals surface area (Å²) in [5, 5.41) is 3.95. The molecule has 0 radical (unpaired) electrons. The zero-order valence-corrected chi connectivity index (χ0v) is 9.54. The molecule has 3 rings (SSSR count). The Kier molecular flexibility index (Phi) is 2.40. The van der Waals surface area contributed by atoms with Gasteiger partial charge in [0.2, 0.25) is 0 Å². The van der Waals surface area contributed by atoms with Crippen molar-refractivity contribution in [1.29, 1.82) is 0 Å². The Morgan fingerprint density at radius 1 is 1.28 bits per heavy atom. The van der Waals surface area contributed by atoms with Crippen molar-refractivity contribution in [2.45, 2.75) is 0 Å². The van der Waals surface area contributed by atoms with Crippen LogP contribution in [-0.2, 0) is 0 Å². The molecule has 2 aromatic heterocycles. The van der Waals surface area contributed by atoms with Crippen LogP contribution >= 0.6 is 0 Å². The molecule has 3 aromatic rings. The molecule has 0 aliphatic carbocycles. The largest absolute Gasteiger partial charge is 0.496 e. The summed E-state index contributed by atoms with van der Waals surface area (Å²) in [6.07, 6.45) is 3.13. The molecule has 0 bridgehead atoms. The molecule has 0 amide bonds. The van der Waals surface area contributed by atoms with Crippen LogP contribution in [0.2, 0.25) is 0 Å². The molecule has 2 heterocycles. The molecule has 0 spiro atoms. The first-order valence-corrected chi connectivity index (χ1v) is 5.28. The lowest BCUT2D eigenvalue weighted by molar-refractivity contribution is 0.415. The predicted molar refractivity (Wildman–Crippen MR) is 62.7 cm³/mol. The maximum Gasteiger partial charge on any atom is 0.252 e. The van der Waals surface area contributed by atoms with Crippen molar-refractivity contribution in [3.05, 3.63) is 42.6 Å². The number of fused-ring (bicyclic) bond motifs is 1. The lowest BCUT2D eigenvalue weighted by Gasteiger charge is -2.07. The van der Waals surface area contributed by atoms with Gasteiger partial charge in [-0.15, -0.1) is 0 Å². The molecule has 0 fully saturated rings. The Labute approximate surface area is 102 Å². The third-order valence-electron chi connectivity index (χ3n) is 2.59. The van der Waals surface area contributed by atoms with Crippen molar-refractivity contribution in [3.8, 4) is 17.0 Å². The van der Waals surface area contributed by atoms with E-state index in [2.05, 4.69) is 15.1 Å². The van der Waals surface area contributed by atoms with Gasteiger partial charge in [0.05, 0.1) is 12.8 Å². The number of hydrogen-bond acceptors (Lipinski definition) is 4. The molecule has 0 aliphatic heterocycles. The molecule has 18 heavy (non-hydrogen) atoms. The summed E-state index contributed by atoms with van der Waals surface area (Å²) < 4.78 is 20.0. The van der Waals surface area contributed by atoms with Gasteiger partial charge in [0.25, 0.3) is 5.78 Å². The molecule has 0 N–H and O–H groups in total. The van der Waals surface area contributed by atoms with Gasteiger partial charge in [0.1, 0.15) is 17.9 Å². The van der Waals surface area contributed by atoms with Crippen molar-refractivity contribution < 1.29 is 9.13 Å². The van der Waals surface area contributed by atoms with E-state index in [-0.39, 0.29) is 5.82 Å². The van der Waals surface area contributed by atoms with Gasteiger partial charge in [-0.2, -0.15) is 10.1 Å².